The van der Waals surface area contributed by atoms with E-state index in [1.807, 2.05) is 0 Å². The van der Waals surface area contributed by atoms with E-state index in [1.54, 1.807) is 48.5 Å². The minimum atomic E-state index is -0.930. The lowest BCUT2D eigenvalue weighted by molar-refractivity contribution is -0.139. The Morgan fingerprint density at radius 2 is 1.82 bits per heavy atom. The van der Waals surface area contributed by atoms with Crippen LogP contribution in [0.5, 0.6) is 17.2 Å². The van der Waals surface area contributed by atoms with Gasteiger partial charge < -0.3 is 14.6 Å². The number of carboxylic acids is 1. The van der Waals surface area contributed by atoms with Crippen molar-refractivity contribution in [3.63, 3.8) is 0 Å². The van der Waals surface area contributed by atoms with Crippen LogP contribution in [0.2, 0.25) is 5.02 Å². The van der Waals surface area contributed by atoms with Crippen molar-refractivity contribution < 1.29 is 28.6 Å². The molecule has 0 aromatic heterocycles. The number of benzene rings is 3. The zero-order valence-corrected chi connectivity index (χ0v) is 19.4. The SMILES string of the molecule is O=C(O)C1CCOc2cc(Oc3ccc(C(=O)N(Cl)CCc4ccc(F)cc4)cc3)c(Cl)cc21. The Kier molecular flexibility index (Phi) is 7.24. The first kappa shape index (κ1) is 23.9. The zero-order valence-electron chi connectivity index (χ0n) is 17.8. The maximum absolute atomic E-state index is 13.0. The first-order valence-corrected chi connectivity index (χ1v) is 11.2. The molecule has 3 aromatic carbocycles. The summed E-state index contributed by atoms with van der Waals surface area (Å²) in [5.74, 6) is -1.15. The summed E-state index contributed by atoms with van der Waals surface area (Å²) in [5, 5.41) is 9.66. The van der Waals surface area contributed by atoms with Crippen LogP contribution in [-0.4, -0.2) is 34.6 Å². The van der Waals surface area contributed by atoms with Gasteiger partial charge >= 0.3 is 5.97 Å². The van der Waals surface area contributed by atoms with Crippen molar-refractivity contribution in [3.05, 3.63) is 88.2 Å². The van der Waals surface area contributed by atoms with Gasteiger partial charge in [-0.1, -0.05) is 23.7 Å². The molecule has 0 aliphatic carbocycles. The number of carboxylic acid groups (broad SMARTS) is 1. The molecule has 1 heterocycles. The van der Waals surface area contributed by atoms with E-state index < -0.39 is 11.9 Å². The molecule has 1 unspecified atom stereocenters. The van der Waals surface area contributed by atoms with Crippen molar-refractivity contribution in [2.45, 2.75) is 18.8 Å². The summed E-state index contributed by atoms with van der Waals surface area (Å²) in [6, 6.07) is 15.5. The van der Waals surface area contributed by atoms with Gasteiger partial charge in [0.15, 0.2) is 0 Å². The van der Waals surface area contributed by atoms with Gasteiger partial charge in [-0.15, -0.1) is 0 Å². The number of halogens is 3. The summed E-state index contributed by atoms with van der Waals surface area (Å²) in [4.78, 5) is 24.1. The number of rotatable bonds is 7. The molecule has 6 nitrogen and oxygen atoms in total. The average molecular weight is 504 g/mol. The molecular formula is C25H20Cl2FNO5. The Balaban J connectivity index is 1.41. The number of hydrogen-bond donors (Lipinski definition) is 1. The minimum absolute atomic E-state index is 0.253. The molecule has 34 heavy (non-hydrogen) atoms. The van der Waals surface area contributed by atoms with Crippen LogP contribution in [0.1, 0.15) is 33.8 Å². The van der Waals surface area contributed by atoms with E-state index in [2.05, 4.69) is 0 Å². The number of carbonyl (C=O) groups excluding carboxylic acids is 1. The minimum Gasteiger partial charge on any atom is -0.493 e. The number of fused-ring (bicyclic) bond motifs is 1. The van der Waals surface area contributed by atoms with Crippen LogP contribution in [0.3, 0.4) is 0 Å². The highest BCUT2D eigenvalue weighted by atomic mass is 35.5. The molecule has 1 atom stereocenters. The predicted molar refractivity (Wildman–Crippen MR) is 125 cm³/mol. The maximum atomic E-state index is 13.0. The van der Waals surface area contributed by atoms with Crippen LogP contribution >= 0.6 is 23.4 Å². The highest BCUT2D eigenvalue weighted by Crippen LogP contribution is 2.41. The van der Waals surface area contributed by atoms with Gasteiger partial charge in [0.25, 0.3) is 5.91 Å². The molecule has 9 heteroatoms. The quantitative estimate of drug-likeness (QED) is 0.396. The smallest absolute Gasteiger partial charge is 0.311 e. The number of hydrogen-bond acceptors (Lipinski definition) is 4. The number of aliphatic carboxylic acids is 1. The van der Waals surface area contributed by atoms with Gasteiger partial charge in [0.1, 0.15) is 23.1 Å². The lowest BCUT2D eigenvalue weighted by Gasteiger charge is -2.24. The van der Waals surface area contributed by atoms with E-state index in [0.717, 1.165) is 9.98 Å². The van der Waals surface area contributed by atoms with E-state index in [9.17, 15) is 19.1 Å². The summed E-state index contributed by atoms with van der Waals surface area (Å²) < 4.78 is 25.5. The van der Waals surface area contributed by atoms with Gasteiger partial charge in [-0.2, -0.15) is 0 Å². The van der Waals surface area contributed by atoms with Crippen LogP contribution in [0.15, 0.2) is 60.7 Å². The van der Waals surface area contributed by atoms with E-state index in [4.69, 9.17) is 32.9 Å². The van der Waals surface area contributed by atoms with E-state index in [-0.39, 0.29) is 29.9 Å². The fraction of sp³-hybridized carbons (Fsp3) is 0.200. The molecular weight excluding hydrogens is 484 g/mol. The normalized spacial score (nSPS) is 14.6. The molecule has 4 rings (SSSR count). The van der Waals surface area contributed by atoms with Gasteiger partial charge in [-0.05, 0) is 60.9 Å². The van der Waals surface area contributed by atoms with Crippen LogP contribution in [0, 0.1) is 5.82 Å². The summed E-state index contributed by atoms with van der Waals surface area (Å²) >= 11 is 12.5. The van der Waals surface area contributed by atoms with Crippen LogP contribution in [0.4, 0.5) is 4.39 Å². The molecule has 176 valence electrons. The van der Waals surface area contributed by atoms with Gasteiger partial charge in [-0.3, -0.25) is 14.0 Å². The van der Waals surface area contributed by atoms with Crippen LogP contribution in [-0.2, 0) is 11.2 Å². The molecule has 0 spiro atoms. The summed E-state index contributed by atoms with van der Waals surface area (Å²) in [5.41, 5.74) is 1.75. The number of carbonyl (C=O) groups is 2. The average Bonchev–Trinajstić information content (AvgIpc) is 2.83. The zero-order chi connectivity index (χ0) is 24.2. The Morgan fingerprint density at radius 1 is 1.12 bits per heavy atom. The van der Waals surface area contributed by atoms with Gasteiger partial charge in [0.2, 0.25) is 0 Å². The van der Waals surface area contributed by atoms with Crippen molar-refractivity contribution >= 4 is 35.3 Å². The Hall–Kier alpha value is -3.29. The van der Waals surface area contributed by atoms with E-state index in [0.29, 0.717) is 41.2 Å². The predicted octanol–water partition coefficient (Wildman–Crippen LogP) is 6.06. The van der Waals surface area contributed by atoms with Crippen molar-refractivity contribution in [3.8, 4) is 17.2 Å². The lowest BCUT2D eigenvalue weighted by atomic mass is 9.93. The third-order valence-electron chi connectivity index (χ3n) is 5.46. The maximum Gasteiger partial charge on any atom is 0.311 e. The molecule has 0 bridgehead atoms. The Labute approximate surface area is 205 Å². The van der Waals surface area contributed by atoms with E-state index in [1.165, 1.54) is 12.1 Å². The molecule has 1 aliphatic rings. The Morgan fingerprint density at radius 3 is 2.50 bits per heavy atom. The molecule has 0 radical (unpaired) electrons. The van der Waals surface area contributed by atoms with Crippen LogP contribution < -0.4 is 9.47 Å². The van der Waals surface area contributed by atoms with E-state index >= 15 is 0 Å². The topological polar surface area (TPSA) is 76.1 Å². The number of amides is 1. The molecule has 1 N–H and O–H groups in total. The standard InChI is InChI=1S/C25H20Cl2FNO5/c26-21-13-20-19(25(31)32)10-12-33-22(20)14-23(21)34-18-7-3-16(4-8-18)24(30)29(27)11-9-15-1-5-17(28)6-2-15/h1-8,13-14,19H,9-12H2,(H,31,32). The first-order chi connectivity index (χ1) is 16.3. The molecule has 1 amide bonds. The molecule has 0 saturated carbocycles. The molecule has 0 saturated heterocycles. The molecule has 3 aromatic rings. The first-order valence-electron chi connectivity index (χ1n) is 10.5. The van der Waals surface area contributed by atoms with Gasteiger partial charge in [-0.25, -0.2) is 4.39 Å². The second-order valence-electron chi connectivity index (χ2n) is 7.74. The molecule has 0 fully saturated rings. The second kappa shape index (κ2) is 10.3. The second-order valence-corrected chi connectivity index (χ2v) is 8.56. The highest BCUT2D eigenvalue weighted by Gasteiger charge is 2.29. The third kappa shape index (κ3) is 5.43. The van der Waals surface area contributed by atoms with Crippen molar-refractivity contribution in [2.24, 2.45) is 0 Å². The number of ether oxygens (including phenoxy) is 2. The fourth-order valence-electron chi connectivity index (χ4n) is 3.64. The summed E-state index contributed by atoms with van der Waals surface area (Å²) in [6.45, 7) is 0.546. The van der Waals surface area contributed by atoms with Crippen LogP contribution in [0.25, 0.3) is 0 Å². The van der Waals surface area contributed by atoms with Gasteiger partial charge in [0.05, 0.1) is 17.5 Å². The van der Waals surface area contributed by atoms with Crippen molar-refractivity contribution in [1.29, 1.82) is 0 Å². The van der Waals surface area contributed by atoms with Crippen molar-refractivity contribution in [2.75, 3.05) is 13.2 Å². The largest absolute Gasteiger partial charge is 0.493 e. The Bertz CT molecular complexity index is 1200. The summed E-state index contributed by atoms with van der Waals surface area (Å²) in [7, 11) is 0. The molecule has 1 aliphatic heterocycles. The third-order valence-corrected chi connectivity index (χ3v) is 6.08. The summed E-state index contributed by atoms with van der Waals surface area (Å²) in [6.07, 6.45) is 0.855. The number of nitrogens with zero attached hydrogens (tertiary/aromatic N) is 1. The monoisotopic (exact) mass is 503 g/mol. The van der Waals surface area contributed by atoms with Crippen molar-refractivity contribution in [1.82, 2.24) is 4.42 Å². The lowest BCUT2D eigenvalue weighted by Crippen LogP contribution is -2.23. The van der Waals surface area contributed by atoms with Gasteiger partial charge in [0, 0.05) is 35.5 Å². The fourth-order valence-corrected chi connectivity index (χ4v) is 4.03. The highest BCUT2D eigenvalue weighted by molar-refractivity contribution is 6.32.